The second-order valence-electron chi connectivity index (χ2n) is 4.59. The van der Waals surface area contributed by atoms with Crippen LogP contribution in [-0.2, 0) is 0 Å². The summed E-state index contributed by atoms with van der Waals surface area (Å²) in [5.41, 5.74) is 0. The van der Waals surface area contributed by atoms with Crippen LogP contribution in [0.4, 0.5) is 0 Å². The Bertz CT molecular complexity index is 392. The van der Waals surface area contributed by atoms with Gasteiger partial charge in [-0.25, -0.2) is 4.98 Å². The van der Waals surface area contributed by atoms with Gasteiger partial charge in [0.05, 0.1) is 11.2 Å². The topological polar surface area (TPSA) is 62.2 Å². The molecule has 1 amide bonds. The summed E-state index contributed by atoms with van der Waals surface area (Å²) in [5.74, 6) is 0.746. The number of aliphatic hydroxyl groups is 1. The Labute approximate surface area is 105 Å². The second-order valence-corrected chi connectivity index (χ2v) is 5.82. The first-order valence-electron chi connectivity index (χ1n) is 6.02. The van der Waals surface area contributed by atoms with E-state index in [0.717, 1.165) is 24.3 Å². The highest BCUT2D eigenvalue weighted by Crippen LogP contribution is 2.30. The fourth-order valence-corrected chi connectivity index (χ4v) is 3.09. The normalized spacial score (nSPS) is 23.9. The third kappa shape index (κ3) is 3.04. The number of nitrogens with one attached hydrogen (secondary N) is 1. The molecule has 0 aromatic carbocycles. The molecule has 1 aromatic rings. The number of carbonyl (C=O) groups is 1. The summed E-state index contributed by atoms with van der Waals surface area (Å²) in [5, 5.41) is 13.0. The first-order valence-corrected chi connectivity index (χ1v) is 6.84. The Kier molecular flexibility index (Phi) is 4.12. The molecule has 2 N–H and O–H groups in total. The highest BCUT2D eigenvalue weighted by Gasteiger charge is 2.26. The molecule has 0 bridgehead atoms. The maximum atomic E-state index is 11.8. The van der Waals surface area contributed by atoms with Gasteiger partial charge in [0, 0.05) is 13.2 Å². The zero-order valence-corrected chi connectivity index (χ0v) is 10.8. The van der Waals surface area contributed by atoms with Crippen molar-refractivity contribution in [3.05, 3.63) is 16.1 Å². The maximum absolute atomic E-state index is 11.8. The first-order chi connectivity index (χ1) is 8.20. The molecule has 1 aliphatic rings. The molecule has 1 fully saturated rings. The molecular weight excluding hydrogens is 236 g/mol. The molecule has 1 heterocycles. The van der Waals surface area contributed by atoms with E-state index >= 15 is 0 Å². The number of hydrogen-bond acceptors (Lipinski definition) is 4. The van der Waals surface area contributed by atoms with Crippen molar-refractivity contribution in [1.29, 1.82) is 0 Å². The number of hydrogen-bond donors (Lipinski definition) is 2. The molecule has 94 valence electrons. The van der Waals surface area contributed by atoms with Gasteiger partial charge in [-0.05, 0) is 31.6 Å². The van der Waals surface area contributed by atoms with Crippen molar-refractivity contribution in [3.63, 3.8) is 0 Å². The minimum Gasteiger partial charge on any atom is -0.396 e. The van der Waals surface area contributed by atoms with E-state index in [-0.39, 0.29) is 12.5 Å². The van der Waals surface area contributed by atoms with Crippen LogP contribution in [0, 0.1) is 18.8 Å². The first kappa shape index (κ1) is 12.5. The number of rotatable bonds is 4. The zero-order valence-electron chi connectivity index (χ0n) is 9.98. The van der Waals surface area contributed by atoms with Gasteiger partial charge in [0.1, 0.15) is 4.88 Å². The van der Waals surface area contributed by atoms with Gasteiger partial charge in [0.15, 0.2) is 0 Å². The lowest BCUT2D eigenvalue weighted by Crippen LogP contribution is -2.31. The molecule has 2 unspecified atom stereocenters. The Morgan fingerprint density at radius 3 is 3.00 bits per heavy atom. The van der Waals surface area contributed by atoms with Crippen LogP contribution in [0.3, 0.4) is 0 Å². The van der Waals surface area contributed by atoms with Crippen LogP contribution in [0.2, 0.25) is 0 Å². The van der Waals surface area contributed by atoms with Crippen LogP contribution in [0.5, 0.6) is 0 Å². The number of amides is 1. The molecular formula is C12H18N2O2S. The fraction of sp³-hybridized carbons (Fsp3) is 0.667. The average molecular weight is 254 g/mol. The third-order valence-corrected chi connectivity index (χ3v) is 4.33. The van der Waals surface area contributed by atoms with Crippen LogP contribution in [-0.4, -0.2) is 29.1 Å². The van der Waals surface area contributed by atoms with Crippen molar-refractivity contribution in [1.82, 2.24) is 10.3 Å². The number of aryl methyl sites for hydroxylation is 1. The summed E-state index contributed by atoms with van der Waals surface area (Å²) in [6.45, 7) is 2.79. The van der Waals surface area contributed by atoms with E-state index in [1.54, 1.807) is 6.20 Å². The van der Waals surface area contributed by atoms with Gasteiger partial charge in [-0.3, -0.25) is 4.79 Å². The monoisotopic (exact) mass is 254 g/mol. The Morgan fingerprint density at radius 2 is 2.35 bits per heavy atom. The van der Waals surface area contributed by atoms with Crippen molar-refractivity contribution in [2.75, 3.05) is 13.2 Å². The Hall–Kier alpha value is -0.940. The van der Waals surface area contributed by atoms with Crippen LogP contribution < -0.4 is 5.32 Å². The van der Waals surface area contributed by atoms with Crippen molar-refractivity contribution in [2.45, 2.75) is 26.2 Å². The van der Waals surface area contributed by atoms with E-state index in [2.05, 4.69) is 10.3 Å². The van der Waals surface area contributed by atoms with Crippen molar-refractivity contribution in [2.24, 2.45) is 11.8 Å². The molecule has 0 radical (unpaired) electrons. The minimum atomic E-state index is -0.0424. The molecule has 5 heteroatoms. The fourth-order valence-electron chi connectivity index (χ4n) is 2.40. The SMILES string of the molecule is Cc1ncc(C(=O)NCC2CCCC2CO)s1. The van der Waals surface area contributed by atoms with Crippen LogP contribution in [0.25, 0.3) is 0 Å². The molecule has 1 saturated carbocycles. The standard InChI is InChI=1S/C12H18N2O2S/c1-8-13-6-11(17-8)12(16)14-5-9-3-2-4-10(9)7-15/h6,9-10,15H,2-5,7H2,1H3,(H,14,16). The summed E-state index contributed by atoms with van der Waals surface area (Å²) in [4.78, 5) is 16.5. The molecule has 2 rings (SSSR count). The molecule has 0 aliphatic heterocycles. The van der Waals surface area contributed by atoms with Crippen LogP contribution in [0.1, 0.15) is 33.9 Å². The predicted octanol–water partition coefficient (Wildman–Crippen LogP) is 1.59. The van der Waals surface area contributed by atoms with E-state index in [1.807, 2.05) is 6.92 Å². The van der Waals surface area contributed by atoms with Crippen LogP contribution in [0.15, 0.2) is 6.20 Å². The molecule has 0 saturated heterocycles. The zero-order chi connectivity index (χ0) is 12.3. The van der Waals surface area contributed by atoms with Crippen molar-refractivity contribution in [3.8, 4) is 0 Å². The average Bonchev–Trinajstić information content (AvgIpc) is 2.94. The van der Waals surface area contributed by atoms with Gasteiger partial charge in [-0.2, -0.15) is 0 Å². The molecule has 17 heavy (non-hydrogen) atoms. The lowest BCUT2D eigenvalue weighted by atomic mass is 9.97. The Balaban J connectivity index is 1.84. The van der Waals surface area contributed by atoms with Crippen molar-refractivity contribution >= 4 is 17.2 Å². The van der Waals surface area contributed by atoms with Crippen molar-refractivity contribution < 1.29 is 9.90 Å². The lowest BCUT2D eigenvalue weighted by molar-refractivity contribution is 0.0941. The number of thiazole rings is 1. The molecule has 1 aliphatic carbocycles. The smallest absolute Gasteiger partial charge is 0.263 e. The van der Waals surface area contributed by atoms with Gasteiger partial charge >= 0.3 is 0 Å². The van der Waals surface area contributed by atoms with Gasteiger partial charge < -0.3 is 10.4 Å². The molecule has 2 atom stereocenters. The number of aliphatic hydroxyl groups excluding tert-OH is 1. The summed E-state index contributed by atoms with van der Waals surface area (Å²) in [6, 6.07) is 0. The lowest BCUT2D eigenvalue weighted by Gasteiger charge is -2.17. The van der Waals surface area contributed by atoms with E-state index in [4.69, 9.17) is 0 Å². The summed E-state index contributed by atoms with van der Waals surface area (Å²) >= 11 is 1.41. The maximum Gasteiger partial charge on any atom is 0.263 e. The second kappa shape index (κ2) is 5.60. The summed E-state index contributed by atoms with van der Waals surface area (Å²) in [7, 11) is 0. The summed E-state index contributed by atoms with van der Waals surface area (Å²) < 4.78 is 0. The number of aromatic nitrogens is 1. The van der Waals surface area contributed by atoms with Gasteiger partial charge in [0.2, 0.25) is 0 Å². The van der Waals surface area contributed by atoms with Crippen LogP contribution >= 0.6 is 11.3 Å². The number of carbonyl (C=O) groups excluding carboxylic acids is 1. The van der Waals surface area contributed by atoms with E-state index in [0.29, 0.717) is 23.3 Å². The number of nitrogens with zero attached hydrogens (tertiary/aromatic N) is 1. The quantitative estimate of drug-likeness (QED) is 0.857. The Morgan fingerprint density at radius 1 is 1.59 bits per heavy atom. The van der Waals surface area contributed by atoms with E-state index < -0.39 is 0 Å². The van der Waals surface area contributed by atoms with Gasteiger partial charge in [-0.1, -0.05) is 6.42 Å². The molecule has 1 aromatic heterocycles. The third-order valence-electron chi connectivity index (χ3n) is 3.42. The van der Waals surface area contributed by atoms with Gasteiger partial charge in [0.25, 0.3) is 5.91 Å². The highest BCUT2D eigenvalue weighted by molar-refractivity contribution is 7.13. The predicted molar refractivity (Wildman–Crippen MR) is 67.1 cm³/mol. The van der Waals surface area contributed by atoms with E-state index in [9.17, 15) is 9.90 Å². The molecule has 0 spiro atoms. The molecule has 4 nitrogen and oxygen atoms in total. The highest BCUT2D eigenvalue weighted by atomic mass is 32.1. The van der Waals surface area contributed by atoms with Gasteiger partial charge in [-0.15, -0.1) is 11.3 Å². The largest absolute Gasteiger partial charge is 0.396 e. The summed E-state index contributed by atoms with van der Waals surface area (Å²) in [6.07, 6.45) is 4.96. The van der Waals surface area contributed by atoms with E-state index in [1.165, 1.54) is 11.3 Å². The minimum absolute atomic E-state index is 0.0424.